The van der Waals surface area contributed by atoms with Gasteiger partial charge in [0.2, 0.25) is 0 Å². The lowest BCUT2D eigenvalue weighted by Crippen LogP contribution is -2.36. The lowest BCUT2D eigenvalue weighted by Gasteiger charge is -2.25. The third-order valence-electron chi connectivity index (χ3n) is 3.09. The molecule has 0 heterocycles. The molecule has 5 heteroatoms. The Kier molecular flexibility index (Phi) is 6.62. The first-order valence-electron chi connectivity index (χ1n) is 7.07. The van der Waals surface area contributed by atoms with Gasteiger partial charge in [0.25, 0.3) is 5.91 Å². The van der Waals surface area contributed by atoms with Crippen LogP contribution in [0.1, 0.15) is 36.2 Å². The minimum atomic E-state index is -0.0412. The number of ether oxygens (including phenoxy) is 1. The molecule has 0 atom stereocenters. The number of hydrogen-bond acceptors (Lipinski definition) is 3. The van der Waals surface area contributed by atoms with E-state index in [9.17, 15) is 4.79 Å². The fraction of sp³-hybridized carbons (Fsp3) is 0.500. The van der Waals surface area contributed by atoms with Crippen LogP contribution in [0.2, 0.25) is 0 Å². The van der Waals surface area contributed by atoms with E-state index in [-0.39, 0.29) is 5.91 Å². The van der Waals surface area contributed by atoms with Crippen LogP contribution in [0.5, 0.6) is 5.75 Å². The van der Waals surface area contributed by atoms with E-state index in [0.717, 1.165) is 5.56 Å². The van der Waals surface area contributed by atoms with Gasteiger partial charge in [-0.15, -0.1) is 0 Å². The van der Waals surface area contributed by atoms with Crippen LogP contribution >= 0.6 is 12.2 Å². The van der Waals surface area contributed by atoms with Crippen molar-refractivity contribution < 1.29 is 9.53 Å². The summed E-state index contributed by atoms with van der Waals surface area (Å²) in [4.78, 5) is 15.0. The van der Waals surface area contributed by atoms with E-state index in [2.05, 4.69) is 13.8 Å². The van der Waals surface area contributed by atoms with Gasteiger partial charge in [0.15, 0.2) is 0 Å². The predicted molar refractivity (Wildman–Crippen MR) is 89.9 cm³/mol. The molecule has 21 heavy (non-hydrogen) atoms. The Morgan fingerprint density at radius 1 is 1.43 bits per heavy atom. The number of carbonyl (C=O) groups is 1. The number of rotatable bonds is 7. The monoisotopic (exact) mass is 308 g/mol. The number of nitrogens with two attached hydrogens (primary N) is 1. The number of nitrogens with zero attached hydrogens (tertiary/aromatic N) is 1. The predicted octanol–water partition coefficient (Wildman–Crippen LogP) is 2.78. The second-order valence-corrected chi connectivity index (χ2v) is 6.09. The number of amides is 1. The molecule has 0 spiro atoms. The SMILES string of the molecule is COc1ccc(C)cc1C(=O)N(CCC(N)=S)CC(C)C. The maximum atomic E-state index is 12.8. The van der Waals surface area contributed by atoms with E-state index in [4.69, 9.17) is 22.7 Å². The Hall–Kier alpha value is -1.62. The molecule has 0 aromatic heterocycles. The molecule has 1 amide bonds. The number of thiocarbonyl (C=S) groups is 1. The molecule has 0 saturated heterocycles. The summed E-state index contributed by atoms with van der Waals surface area (Å²) < 4.78 is 5.30. The summed E-state index contributed by atoms with van der Waals surface area (Å²) in [5.74, 6) is 0.922. The number of aryl methyl sites for hydroxylation is 1. The highest BCUT2D eigenvalue weighted by molar-refractivity contribution is 7.80. The second-order valence-electron chi connectivity index (χ2n) is 5.57. The van der Waals surface area contributed by atoms with Gasteiger partial charge >= 0.3 is 0 Å². The molecule has 0 aliphatic rings. The van der Waals surface area contributed by atoms with Gasteiger partial charge in [0, 0.05) is 19.5 Å². The summed E-state index contributed by atoms with van der Waals surface area (Å²) in [6.07, 6.45) is 0.530. The van der Waals surface area contributed by atoms with Crippen LogP contribution < -0.4 is 10.5 Å². The third-order valence-corrected chi connectivity index (χ3v) is 3.29. The molecule has 4 nitrogen and oxygen atoms in total. The Balaban J connectivity index is 3.03. The minimum Gasteiger partial charge on any atom is -0.496 e. The van der Waals surface area contributed by atoms with Crippen LogP contribution in [0.3, 0.4) is 0 Å². The highest BCUT2D eigenvalue weighted by Crippen LogP contribution is 2.22. The molecular formula is C16H24N2O2S. The standard InChI is InChI=1S/C16H24N2O2S/c1-11(2)10-18(8-7-15(17)21)16(19)13-9-12(3)5-6-14(13)20-4/h5-6,9,11H,7-8,10H2,1-4H3,(H2,17,21). The van der Waals surface area contributed by atoms with Gasteiger partial charge in [0.05, 0.1) is 17.7 Å². The van der Waals surface area contributed by atoms with E-state index in [1.54, 1.807) is 12.0 Å². The van der Waals surface area contributed by atoms with Crippen molar-refractivity contribution in [1.29, 1.82) is 0 Å². The Bertz CT molecular complexity index is 515. The zero-order valence-corrected chi connectivity index (χ0v) is 14.0. The van der Waals surface area contributed by atoms with Crippen LogP contribution in [-0.4, -0.2) is 36.0 Å². The van der Waals surface area contributed by atoms with Crippen LogP contribution in [0, 0.1) is 12.8 Å². The zero-order valence-electron chi connectivity index (χ0n) is 13.2. The second kappa shape index (κ2) is 7.98. The number of carbonyl (C=O) groups excluding carboxylic acids is 1. The van der Waals surface area contributed by atoms with Gasteiger partial charge in [-0.3, -0.25) is 4.79 Å². The zero-order chi connectivity index (χ0) is 16.0. The van der Waals surface area contributed by atoms with Gasteiger partial charge in [0.1, 0.15) is 5.75 Å². The summed E-state index contributed by atoms with van der Waals surface area (Å²) >= 11 is 4.92. The van der Waals surface area contributed by atoms with Crippen molar-refractivity contribution in [2.24, 2.45) is 11.7 Å². The molecule has 0 fully saturated rings. The summed E-state index contributed by atoms with van der Waals surface area (Å²) in [6, 6.07) is 5.61. The van der Waals surface area contributed by atoms with Crippen LogP contribution in [0.4, 0.5) is 0 Å². The number of hydrogen-bond donors (Lipinski definition) is 1. The molecular weight excluding hydrogens is 284 g/mol. The van der Waals surface area contributed by atoms with Gasteiger partial charge in [-0.25, -0.2) is 0 Å². The first kappa shape index (κ1) is 17.4. The van der Waals surface area contributed by atoms with Crippen LogP contribution in [0.25, 0.3) is 0 Å². The van der Waals surface area contributed by atoms with Crippen molar-refractivity contribution in [3.8, 4) is 5.75 Å². The smallest absolute Gasteiger partial charge is 0.257 e. The molecule has 0 aliphatic heterocycles. The number of benzene rings is 1. The third kappa shape index (κ3) is 5.34. The average Bonchev–Trinajstić information content (AvgIpc) is 2.42. The Morgan fingerprint density at radius 2 is 2.10 bits per heavy atom. The summed E-state index contributed by atoms with van der Waals surface area (Å²) in [6.45, 7) is 7.31. The maximum Gasteiger partial charge on any atom is 0.257 e. The molecule has 0 unspecified atom stereocenters. The molecule has 0 aliphatic carbocycles. The minimum absolute atomic E-state index is 0.0412. The van der Waals surface area contributed by atoms with E-state index in [0.29, 0.717) is 41.7 Å². The molecule has 0 bridgehead atoms. The quantitative estimate of drug-likeness (QED) is 0.787. The van der Waals surface area contributed by atoms with Crippen molar-refractivity contribution in [3.05, 3.63) is 29.3 Å². The van der Waals surface area contributed by atoms with Crippen molar-refractivity contribution in [3.63, 3.8) is 0 Å². The Labute approximate surface area is 132 Å². The Morgan fingerprint density at radius 3 is 2.62 bits per heavy atom. The van der Waals surface area contributed by atoms with Gasteiger partial charge in [-0.1, -0.05) is 37.7 Å². The molecule has 0 radical (unpaired) electrons. The van der Waals surface area contributed by atoms with E-state index in [1.165, 1.54) is 0 Å². The summed E-state index contributed by atoms with van der Waals surface area (Å²) in [5, 5.41) is 0. The van der Waals surface area contributed by atoms with Crippen LogP contribution in [-0.2, 0) is 0 Å². The van der Waals surface area contributed by atoms with E-state index in [1.807, 2.05) is 25.1 Å². The van der Waals surface area contributed by atoms with Gasteiger partial charge in [-0.05, 0) is 25.0 Å². The first-order chi connectivity index (χ1) is 9.85. The topological polar surface area (TPSA) is 55.6 Å². The summed E-state index contributed by atoms with van der Waals surface area (Å²) in [7, 11) is 1.57. The van der Waals surface area contributed by atoms with E-state index < -0.39 is 0 Å². The average molecular weight is 308 g/mol. The molecule has 1 aromatic carbocycles. The lowest BCUT2D eigenvalue weighted by atomic mass is 10.1. The highest BCUT2D eigenvalue weighted by Gasteiger charge is 2.20. The normalized spacial score (nSPS) is 10.5. The summed E-state index contributed by atoms with van der Waals surface area (Å²) in [5.41, 5.74) is 7.17. The van der Waals surface area contributed by atoms with Crippen molar-refractivity contribution in [2.45, 2.75) is 27.2 Å². The van der Waals surface area contributed by atoms with Crippen molar-refractivity contribution >= 4 is 23.1 Å². The van der Waals surface area contributed by atoms with Gasteiger partial charge in [-0.2, -0.15) is 0 Å². The van der Waals surface area contributed by atoms with Crippen LogP contribution in [0.15, 0.2) is 18.2 Å². The maximum absolute atomic E-state index is 12.8. The fourth-order valence-electron chi connectivity index (χ4n) is 2.12. The largest absolute Gasteiger partial charge is 0.496 e. The van der Waals surface area contributed by atoms with Gasteiger partial charge < -0.3 is 15.4 Å². The molecule has 1 rings (SSSR count). The molecule has 2 N–H and O–H groups in total. The fourth-order valence-corrected chi connectivity index (χ4v) is 2.21. The molecule has 1 aromatic rings. The molecule has 0 saturated carbocycles. The lowest BCUT2D eigenvalue weighted by molar-refractivity contribution is 0.0737. The van der Waals surface area contributed by atoms with Crippen molar-refractivity contribution in [2.75, 3.05) is 20.2 Å². The van der Waals surface area contributed by atoms with Crippen molar-refractivity contribution in [1.82, 2.24) is 4.90 Å². The molecule has 116 valence electrons. The first-order valence-corrected chi connectivity index (χ1v) is 7.48. The number of methoxy groups -OCH3 is 1. The van der Waals surface area contributed by atoms with E-state index >= 15 is 0 Å². The highest BCUT2D eigenvalue weighted by atomic mass is 32.1.